The Hall–Kier alpha value is -3.14. The standard InChI is InChI=1S/C28H31Cl2N5O4/c1-3-16(2)26-28(20-8-7-19(30)12-22(20)32-27(28)39)21(17-5-4-6-18(29)11-17)13-23-33-35(25(38)15-34(23)26)14-24(37)31-9-10-36/h4-8,12,17,21,26,36H,2-3,9-11,13-15H2,1H3,(H,31,37)(H,32,39)/t17?,21-,26+,28-/m0/s1. The molecular formula is C28H31Cl2N5O4. The van der Waals surface area contributed by atoms with Gasteiger partial charge in [-0.05, 0) is 48.4 Å². The highest BCUT2D eigenvalue weighted by atomic mass is 35.5. The first-order valence-electron chi connectivity index (χ1n) is 13.0. The van der Waals surface area contributed by atoms with Crippen LogP contribution in [0.3, 0.4) is 0 Å². The number of aliphatic hydroxyl groups is 1. The molecule has 1 aromatic rings. The molecule has 1 saturated heterocycles. The fourth-order valence-electron chi connectivity index (χ4n) is 6.42. The molecular weight excluding hydrogens is 541 g/mol. The maximum absolute atomic E-state index is 14.2. The minimum absolute atomic E-state index is 0.0539. The molecule has 5 rings (SSSR count). The molecule has 1 aromatic carbocycles. The van der Waals surface area contributed by atoms with Crippen LogP contribution in [0.25, 0.3) is 0 Å². The minimum atomic E-state index is -1.07. The lowest BCUT2D eigenvalue weighted by molar-refractivity contribution is -0.139. The largest absolute Gasteiger partial charge is 0.395 e. The highest BCUT2D eigenvalue weighted by molar-refractivity contribution is 6.31. The van der Waals surface area contributed by atoms with Crippen molar-refractivity contribution in [1.82, 2.24) is 15.2 Å². The Morgan fingerprint density at radius 3 is 2.82 bits per heavy atom. The molecule has 39 heavy (non-hydrogen) atoms. The molecule has 3 amide bonds. The van der Waals surface area contributed by atoms with E-state index in [0.29, 0.717) is 40.8 Å². The third kappa shape index (κ3) is 4.66. The van der Waals surface area contributed by atoms with E-state index in [4.69, 9.17) is 28.3 Å². The maximum atomic E-state index is 14.2. The van der Waals surface area contributed by atoms with Gasteiger partial charge in [0.05, 0.1) is 12.6 Å². The predicted molar refractivity (Wildman–Crippen MR) is 150 cm³/mol. The van der Waals surface area contributed by atoms with Crippen molar-refractivity contribution in [3.8, 4) is 0 Å². The molecule has 4 atom stereocenters. The van der Waals surface area contributed by atoms with Gasteiger partial charge in [-0.3, -0.25) is 14.4 Å². The van der Waals surface area contributed by atoms with Crippen molar-refractivity contribution in [2.75, 3.05) is 31.6 Å². The summed E-state index contributed by atoms with van der Waals surface area (Å²) in [5, 5.41) is 21.7. The number of hydrogen-bond donors (Lipinski definition) is 3. The van der Waals surface area contributed by atoms with Crippen LogP contribution in [0.2, 0.25) is 5.02 Å². The van der Waals surface area contributed by atoms with E-state index in [9.17, 15) is 14.4 Å². The quantitative estimate of drug-likeness (QED) is 0.435. The zero-order valence-corrected chi connectivity index (χ0v) is 23.1. The Kier molecular flexibility index (Phi) is 7.59. The number of hydrazone groups is 1. The van der Waals surface area contributed by atoms with Gasteiger partial charge in [0.2, 0.25) is 11.8 Å². The number of carbonyl (C=O) groups is 3. The highest BCUT2D eigenvalue weighted by Gasteiger charge is 2.64. The van der Waals surface area contributed by atoms with Crippen LogP contribution in [-0.4, -0.2) is 70.9 Å². The number of benzene rings is 1. The lowest BCUT2D eigenvalue weighted by atomic mass is 9.56. The Balaban J connectivity index is 1.65. The summed E-state index contributed by atoms with van der Waals surface area (Å²) in [4.78, 5) is 41.8. The van der Waals surface area contributed by atoms with Crippen molar-refractivity contribution < 1.29 is 19.5 Å². The molecule has 3 aliphatic heterocycles. The summed E-state index contributed by atoms with van der Waals surface area (Å²) in [6.45, 7) is 5.94. The summed E-state index contributed by atoms with van der Waals surface area (Å²) >= 11 is 12.8. The molecule has 1 unspecified atom stereocenters. The number of hydrogen-bond acceptors (Lipinski definition) is 6. The molecule has 1 fully saturated rings. The Labute approximate surface area is 237 Å². The van der Waals surface area contributed by atoms with Crippen molar-refractivity contribution in [3.63, 3.8) is 0 Å². The topological polar surface area (TPSA) is 114 Å². The van der Waals surface area contributed by atoms with Crippen LogP contribution in [0.5, 0.6) is 0 Å². The monoisotopic (exact) mass is 571 g/mol. The van der Waals surface area contributed by atoms with E-state index in [0.717, 1.165) is 11.1 Å². The number of nitrogens with one attached hydrogen (secondary N) is 2. The Morgan fingerprint density at radius 2 is 2.10 bits per heavy atom. The molecule has 11 heteroatoms. The van der Waals surface area contributed by atoms with Crippen LogP contribution in [0.1, 0.15) is 31.7 Å². The lowest BCUT2D eigenvalue weighted by Gasteiger charge is -2.56. The normalized spacial score (nSPS) is 27.5. The van der Waals surface area contributed by atoms with E-state index in [1.165, 1.54) is 5.01 Å². The van der Waals surface area contributed by atoms with Gasteiger partial charge < -0.3 is 20.6 Å². The van der Waals surface area contributed by atoms with Crippen LogP contribution in [0.15, 0.2) is 58.7 Å². The van der Waals surface area contributed by atoms with Crippen molar-refractivity contribution in [2.45, 2.75) is 37.6 Å². The molecule has 0 saturated carbocycles. The fourth-order valence-corrected chi connectivity index (χ4v) is 6.84. The fraction of sp³-hybridized carbons (Fsp3) is 0.429. The molecule has 0 bridgehead atoms. The second kappa shape index (κ2) is 10.8. The summed E-state index contributed by atoms with van der Waals surface area (Å²) in [5.74, 6) is -0.693. The number of carbonyl (C=O) groups excluding carboxylic acids is 3. The van der Waals surface area contributed by atoms with Crippen LogP contribution in [0, 0.1) is 11.8 Å². The molecule has 4 aliphatic rings. The molecule has 0 aromatic heterocycles. The lowest BCUT2D eigenvalue weighted by Crippen LogP contribution is -2.68. The maximum Gasteiger partial charge on any atom is 0.262 e. The van der Waals surface area contributed by atoms with Gasteiger partial charge in [-0.1, -0.05) is 60.5 Å². The molecule has 3 heterocycles. The van der Waals surface area contributed by atoms with Crippen molar-refractivity contribution in [3.05, 3.63) is 64.2 Å². The number of halogens is 2. The Bertz CT molecular complexity index is 1320. The van der Waals surface area contributed by atoms with Gasteiger partial charge in [-0.2, -0.15) is 5.10 Å². The first-order valence-corrected chi connectivity index (χ1v) is 13.8. The van der Waals surface area contributed by atoms with E-state index in [2.05, 4.69) is 28.4 Å². The number of piperidine rings is 1. The van der Waals surface area contributed by atoms with Gasteiger partial charge in [0.25, 0.3) is 5.91 Å². The van der Waals surface area contributed by atoms with Crippen LogP contribution < -0.4 is 10.6 Å². The average molecular weight is 572 g/mol. The third-order valence-corrected chi connectivity index (χ3v) is 8.61. The molecule has 206 valence electrons. The summed E-state index contributed by atoms with van der Waals surface area (Å²) in [6.07, 6.45) is 7.38. The summed E-state index contributed by atoms with van der Waals surface area (Å²) in [5.41, 5.74) is 1.20. The molecule has 0 radical (unpaired) electrons. The van der Waals surface area contributed by atoms with E-state index in [-0.39, 0.29) is 49.9 Å². The number of aliphatic hydroxyl groups excluding tert-OH is 1. The Morgan fingerprint density at radius 1 is 1.31 bits per heavy atom. The first kappa shape index (κ1) is 27.4. The van der Waals surface area contributed by atoms with Gasteiger partial charge in [-0.25, -0.2) is 5.01 Å². The molecule has 9 nitrogen and oxygen atoms in total. The SMILES string of the molecule is C=C(CC)[C@H]1N2CC(=O)N(CC(=O)NCCO)N=C2C[C@@H](C2C=CC=C(Cl)C2)[C@]12C(=O)Nc1cc(Cl)ccc12. The van der Waals surface area contributed by atoms with E-state index in [1.807, 2.05) is 30.0 Å². The number of anilines is 1. The molecule has 1 spiro atoms. The van der Waals surface area contributed by atoms with Crippen molar-refractivity contribution in [1.29, 1.82) is 0 Å². The number of amidine groups is 1. The van der Waals surface area contributed by atoms with Gasteiger partial charge in [-0.15, -0.1) is 0 Å². The minimum Gasteiger partial charge on any atom is -0.395 e. The van der Waals surface area contributed by atoms with Crippen LogP contribution >= 0.6 is 23.2 Å². The predicted octanol–water partition coefficient (Wildman–Crippen LogP) is 3.15. The van der Waals surface area contributed by atoms with Crippen LogP contribution in [0.4, 0.5) is 5.69 Å². The van der Waals surface area contributed by atoms with Crippen molar-refractivity contribution in [2.24, 2.45) is 16.9 Å². The smallest absolute Gasteiger partial charge is 0.262 e. The number of amides is 3. The number of allylic oxidation sites excluding steroid dienone is 4. The van der Waals surface area contributed by atoms with Gasteiger partial charge in [0.15, 0.2) is 0 Å². The summed E-state index contributed by atoms with van der Waals surface area (Å²) < 4.78 is 0. The van der Waals surface area contributed by atoms with Gasteiger partial charge in [0, 0.05) is 28.7 Å². The zero-order chi connectivity index (χ0) is 27.9. The number of fused-ring (bicyclic) bond motifs is 3. The highest BCUT2D eigenvalue weighted by Crippen LogP contribution is 2.57. The third-order valence-electron chi connectivity index (χ3n) is 8.09. The number of nitrogens with zero attached hydrogens (tertiary/aromatic N) is 3. The second-order valence-corrected chi connectivity index (χ2v) is 11.2. The van der Waals surface area contributed by atoms with Gasteiger partial charge >= 0.3 is 0 Å². The summed E-state index contributed by atoms with van der Waals surface area (Å²) in [7, 11) is 0. The summed E-state index contributed by atoms with van der Waals surface area (Å²) in [6, 6.07) is 4.88. The average Bonchev–Trinajstić information content (AvgIpc) is 3.18. The zero-order valence-electron chi connectivity index (χ0n) is 21.6. The van der Waals surface area contributed by atoms with Gasteiger partial charge in [0.1, 0.15) is 24.3 Å². The van der Waals surface area contributed by atoms with Crippen LogP contribution in [-0.2, 0) is 19.8 Å². The van der Waals surface area contributed by atoms with E-state index < -0.39 is 17.4 Å². The van der Waals surface area contributed by atoms with E-state index >= 15 is 0 Å². The molecule has 1 aliphatic carbocycles. The van der Waals surface area contributed by atoms with E-state index in [1.54, 1.807) is 12.1 Å². The van der Waals surface area contributed by atoms with Crippen molar-refractivity contribution >= 4 is 52.4 Å². The number of rotatable bonds is 7. The second-order valence-electron chi connectivity index (χ2n) is 10.3. The first-order chi connectivity index (χ1) is 18.7. The molecule has 3 N–H and O–H groups in total.